The minimum atomic E-state index is -5.21. The highest BCUT2D eigenvalue weighted by atomic mass is 35.5. The third-order valence-corrected chi connectivity index (χ3v) is 6.11. The summed E-state index contributed by atoms with van der Waals surface area (Å²) in [6, 6.07) is 18.5. The fourth-order valence-electron chi connectivity index (χ4n) is 3.56. The normalized spacial score (nSPS) is 12.6. The van der Waals surface area contributed by atoms with Crippen LogP contribution in [-0.2, 0) is 32.3 Å². The summed E-state index contributed by atoms with van der Waals surface area (Å²) >= 11 is 6.21. The second kappa shape index (κ2) is 14.5. The van der Waals surface area contributed by atoms with Crippen molar-refractivity contribution in [1.82, 2.24) is 10.6 Å². The van der Waals surface area contributed by atoms with Gasteiger partial charge in [-0.05, 0) is 54.3 Å². The van der Waals surface area contributed by atoms with Crippen molar-refractivity contribution in [3.63, 3.8) is 0 Å². The molecule has 2 amide bonds. The Morgan fingerprint density at radius 3 is 2.27 bits per heavy atom. The second-order valence-electron chi connectivity index (χ2n) is 9.04. The molecule has 0 bridgehead atoms. The minimum absolute atomic E-state index is 0.0372. The van der Waals surface area contributed by atoms with Crippen LogP contribution in [0.1, 0.15) is 42.6 Å². The number of carbonyl (C=O) groups excluding carboxylic acids is 3. The molecule has 0 aliphatic rings. The van der Waals surface area contributed by atoms with Gasteiger partial charge in [-0.3, -0.25) is 14.4 Å². The molecule has 2 atom stereocenters. The Hall–Kier alpha value is -4.09. The summed E-state index contributed by atoms with van der Waals surface area (Å²) in [5.74, 6) is -3.14. The zero-order valence-electron chi connectivity index (χ0n) is 21.9. The number of rotatable bonds is 12. The van der Waals surface area contributed by atoms with Gasteiger partial charge in [0.25, 0.3) is 0 Å². The van der Waals surface area contributed by atoms with Crippen molar-refractivity contribution in [2.24, 2.45) is 0 Å². The fourth-order valence-corrected chi connectivity index (χ4v) is 3.78. The largest absolute Gasteiger partial charge is 0.471 e. The number of aliphatic hydroxyl groups is 1. The maximum Gasteiger partial charge on any atom is 0.471 e. The Morgan fingerprint density at radius 2 is 1.66 bits per heavy atom. The van der Waals surface area contributed by atoms with Gasteiger partial charge in [-0.2, -0.15) is 13.2 Å². The Morgan fingerprint density at radius 1 is 0.976 bits per heavy atom. The Kier molecular flexibility index (Phi) is 11.1. The first-order valence-electron chi connectivity index (χ1n) is 12.5. The van der Waals surface area contributed by atoms with E-state index in [1.165, 1.54) is 0 Å². The third kappa shape index (κ3) is 10.1. The minimum Gasteiger partial charge on any atom is -0.461 e. The molecule has 218 valence electrons. The quantitative estimate of drug-likeness (QED) is 0.244. The van der Waals surface area contributed by atoms with E-state index >= 15 is 0 Å². The highest BCUT2D eigenvalue weighted by Crippen LogP contribution is 2.31. The van der Waals surface area contributed by atoms with E-state index in [2.05, 4.69) is 5.32 Å². The van der Waals surface area contributed by atoms with Crippen LogP contribution in [0, 0.1) is 0 Å². The molecule has 0 spiro atoms. The lowest BCUT2D eigenvalue weighted by Gasteiger charge is -2.19. The maximum absolute atomic E-state index is 12.8. The summed E-state index contributed by atoms with van der Waals surface area (Å²) in [5.41, 5.74) is 1.93. The first-order valence-corrected chi connectivity index (χ1v) is 12.9. The number of hydrogen-bond donors (Lipinski definition) is 3. The summed E-state index contributed by atoms with van der Waals surface area (Å²) in [6.45, 7) is 1.50. The van der Waals surface area contributed by atoms with Crippen molar-refractivity contribution in [3.8, 4) is 11.5 Å². The average molecular weight is 593 g/mol. The Balaban J connectivity index is 1.56. The Labute approximate surface area is 239 Å². The molecule has 2 unspecified atom stereocenters. The zero-order valence-corrected chi connectivity index (χ0v) is 22.7. The number of hydrogen-bond acceptors (Lipinski definition) is 6. The number of alkyl halides is 3. The number of aliphatic hydroxyl groups excluding tert-OH is 1. The number of nitrogens with one attached hydrogen (secondary N) is 2. The molecule has 0 fully saturated rings. The van der Waals surface area contributed by atoms with E-state index in [4.69, 9.17) is 21.1 Å². The van der Waals surface area contributed by atoms with Crippen LogP contribution in [0.2, 0.25) is 5.02 Å². The van der Waals surface area contributed by atoms with E-state index in [1.807, 2.05) is 0 Å². The number of halogens is 4. The Bertz CT molecular complexity index is 1330. The molecule has 0 aliphatic carbocycles. The van der Waals surface area contributed by atoms with Crippen LogP contribution in [0.4, 0.5) is 13.2 Å². The molecule has 0 heterocycles. The van der Waals surface area contributed by atoms with Gasteiger partial charge in [0.15, 0.2) is 0 Å². The molecule has 0 radical (unpaired) electrons. The van der Waals surface area contributed by atoms with E-state index < -0.39 is 48.9 Å². The van der Waals surface area contributed by atoms with Crippen molar-refractivity contribution in [1.29, 1.82) is 0 Å². The van der Waals surface area contributed by atoms with Gasteiger partial charge in [0.2, 0.25) is 5.91 Å². The van der Waals surface area contributed by atoms with E-state index in [0.29, 0.717) is 33.2 Å². The molecule has 8 nitrogen and oxygen atoms in total. The zero-order chi connectivity index (χ0) is 30.0. The predicted molar refractivity (Wildman–Crippen MR) is 144 cm³/mol. The van der Waals surface area contributed by atoms with Crippen LogP contribution in [0.15, 0.2) is 72.8 Å². The van der Waals surface area contributed by atoms with E-state index in [-0.39, 0.29) is 13.2 Å². The molecule has 3 N–H and O–H groups in total. The molecule has 0 aromatic heterocycles. The first kappa shape index (κ1) is 31.4. The molecule has 0 saturated carbocycles. The third-order valence-electron chi connectivity index (χ3n) is 5.82. The lowest BCUT2D eigenvalue weighted by atomic mass is 10.1. The highest BCUT2D eigenvalue weighted by Gasteiger charge is 2.40. The summed E-state index contributed by atoms with van der Waals surface area (Å²) in [6.07, 6.45) is -6.69. The van der Waals surface area contributed by atoms with Crippen LogP contribution in [0.3, 0.4) is 0 Å². The number of amides is 2. The van der Waals surface area contributed by atoms with Gasteiger partial charge in [-0.15, -0.1) is 0 Å². The van der Waals surface area contributed by atoms with Crippen molar-refractivity contribution >= 4 is 29.4 Å². The number of benzene rings is 3. The number of carbonyl (C=O) groups is 3. The monoisotopic (exact) mass is 592 g/mol. The lowest BCUT2D eigenvalue weighted by molar-refractivity contribution is -0.174. The van der Waals surface area contributed by atoms with Crippen molar-refractivity contribution in [3.05, 3.63) is 94.5 Å². The lowest BCUT2D eigenvalue weighted by Crippen LogP contribution is -2.50. The van der Waals surface area contributed by atoms with E-state index in [1.54, 1.807) is 85.0 Å². The summed E-state index contributed by atoms with van der Waals surface area (Å²) in [4.78, 5) is 36.3. The van der Waals surface area contributed by atoms with Crippen molar-refractivity contribution in [2.45, 2.75) is 51.2 Å². The molecular weight excluding hydrogens is 565 g/mol. The van der Waals surface area contributed by atoms with Crippen LogP contribution in [0.25, 0.3) is 0 Å². The van der Waals surface area contributed by atoms with Crippen LogP contribution in [0.5, 0.6) is 11.5 Å². The molecule has 3 aromatic rings. The van der Waals surface area contributed by atoms with Crippen LogP contribution in [-0.4, -0.2) is 35.1 Å². The average Bonchev–Trinajstić information content (AvgIpc) is 2.94. The van der Waals surface area contributed by atoms with Gasteiger partial charge in [0.05, 0.1) is 11.1 Å². The molecule has 0 aliphatic heterocycles. The van der Waals surface area contributed by atoms with Gasteiger partial charge < -0.3 is 25.2 Å². The SMILES string of the molecule is CC(O)c1ccc(Oc2ccc(CNC(=O)C(CCC(=O)OCc3ccccc3)NC(=O)C(F)(F)F)cc2)c(Cl)c1. The molecule has 3 rings (SSSR count). The highest BCUT2D eigenvalue weighted by molar-refractivity contribution is 6.32. The molecule has 12 heteroatoms. The maximum atomic E-state index is 12.8. The van der Waals surface area contributed by atoms with Gasteiger partial charge in [0, 0.05) is 13.0 Å². The summed E-state index contributed by atoms with van der Waals surface area (Å²) in [7, 11) is 0. The summed E-state index contributed by atoms with van der Waals surface area (Å²) < 4.78 is 49.4. The van der Waals surface area contributed by atoms with Crippen molar-refractivity contribution in [2.75, 3.05) is 0 Å². The van der Waals surface area contributed by atoms with Gasteiger partial charge in [-0.1, -0.05) is 60.1 Å². The van der Waals surface area contributed by atoms with E-state index in [9.17, 15) is 32.7 Å². The summed E-state index contributed by atoms with van der Waals surface area (Å²) in [5, 5.41) is 14.1. The fraction of sp³-hybridized carbons (Fsp3) is 0.276. The smallest absolute Gasteiger partial charge is 0.461 e. The molecule has 3 aromatic carbocycles. The van der Waals surface area contributed by atoms with Gasteiger partial charge in [-0.25, -0.2) is 0 Å². The standard InChI is InChI=1S/C29H28ClF3N2O6/c1-18(36)21-9-13-25(23(30)15-21)41-22-10-7-19(8-11-22)16-34-27(38)24(35-28(39)29(31,32)33)12-14-26(37)40-17-20-5-3-2-4-6-20/h2-11,13,15,18,24,36H,12,14,16-17H2,1H3,(H,34,38)(H,35,39). The molecule has 41 heavy (non-hydrogen) atoms. The first-order chi connectivity index (χ1) is 19.4. The number of ether oxygens (including phenoxy) is 2. The molecular formula is C29H28ClF3N2O6. The predicted octanol–water partition coefficient (Wildman–Crippen LogP) is 5.37. The molecule has 0 saturated heterocycles. The number of esters is 1. The second-order valence-corrected chi connectivity index (χ2v) is 9.45. The van der Waals surface area contributed by atoms with Crippen molar-refractivity contribution < 1.29 is 42.1 Å². The van der Waals surface area contributed by atoms with Crippen LogP contribution < -0.4 is 15.4 Å². The van der Waals surface area contributed by atoms with Gasteiger partial charge >= 0.3 is 18.1 Å². The van der Waals surface area contributed by atoms with Gasteiger partial charge in [0.1, 0.15) is 24.1 Å². The van der Waals surface area contributed by atoms with E-state index in [0.717, 1.165) is 0 Å². The van der Waals surface area contributed by atoms with Crippen LogP contribution >= 0.6 is 11.6 Å². The topological polar surface area (TPSA) is 114 Å².